The number of nitrogens with one attached hydrogen (secondary N) is 1. The van der Waals surface area contributed by atoms with Gasteiger partial charge in [-0.3, -0.25) is 0 Å². The highest BCUT2D eigenvalue weighted by Crippen LogP contribution is 2.21. The molecule has 0 amide bonds. The molecule has 0 atom stereocenters. The average molecular weight is 236 g/mol. The third kappa shape index (κ3) is 3.06. The lowest BCUT2D eigenvalue weighted by atomic mass is 9.95. The SMILES string of the molecule is COc1ncnc(N)c1CNC1CCCCC1. The smallest absolute Gasteiger partial charge is 0.222 e. The van der Waals surface area contributed by atoms with E-state index < -0.39 is 0 Å². The van der Waals surface area contributed by atoms with Gasteiger partial charge in [-0.2, -0.15) is 0 Å². The molecule has 5 heteroatoms. The maximum Gasteiger partial charge on any atom is 0.222 e. The lowest BCUT2D eigenvalue weighted by molar-refractivity contribution is 0.361. The van der Waals surface area contributed by atoms with Crippen molar-refractivity contribution >= 4 is 5.82 Å². The van der Waals surface area contributed by atoms with Crippen molar-refractivity contribution in [3.63, 3.8) is 0 Å². The van der Waals surface area contributed by atoms with Gasteiger partial charge in [0.2, 0.25) is 5.88 Å². The molecule has 2 rings (SSSR count). The summed E-state index contributed by atoms with van der Waals surface area (Å²) in [6.45, 7) is 0.681. The molecule has 1 saturated carbocycles. The molecule has 1 heterocycles. The zero-order valence-corrected chi connectivity index (χ0v) is 10.3. The first-order chi connectivity index (χ1) is 8.31. The Balaban J connectivity index is 1.97. The number of ether oxygens (including phenoxy) is 1. The zero-order chi connectivity index (χ0) is 12.1. The Morgan fingerprint density at radius 1 is 1.35 bits per heavy atom. The lowest BCUT2D eigenvalue weighted by Crippen LogP contribution is -2.31. The summed E-state index contributed by atoms with van der Waals surface area (Å²) in [5.74, 6) is 1.07. The molecule has 0 bridgehead atoms. The molecule has 94 valence electrons. The van der Waals surface area contributed by atoms with Crippen LogP contribution in [-0.2, 0) is 6.54 Å². The molecule has 3 N–H and O–H groups in total. The van der Waals surface area contributed by atoms with Gasteiger partial charge in [-0.1, -0.05) is 19.3 Å². The number of hydrogen-bond acceptors (Lipinski definition) is 5. The van der Waals surface area contributed by atoms with E-state index in [0.29, 0.717) is 24.3 Å². The Morgan fingerprint density at radius 2 is 2.12 bits per heavy atom. The summed E-state index contributed by atoms with van der Waals surface area (Å²) in [5, 5.41) is 3.51. The summed E-state index contributed by atoms with van der Waals surface area (Å²) in [6.07, 6.45) is 7.91. The maximum absolute atomic E-state index is 5.84. The highest BCUT2D eigenvalue weighted by molar-refractivity contribution is 5.44. The Bertz CT molecular complexity index is 364. The summed E-state index contributed by atoms with van der Waals surface area (Å²) < 4.78 is 5.19. The van der Waals surface area contributed by atoms with Crippen LogP contribution in [0.3, 0.4) is 0 Å². The second-order valence-electron chi connectivity index (χ2n) is 4.46. The lowest BCUT2D eigenvalue weighted by Gasteiger charge is -2.23. The van der Waals surface area contributed by atoms with Crippen LogP contribution in [0.15, 0.2) is 6.33 Å². The number of aromatic nitrogens is 2. The molecule has 0 spiro atoms. The Morgan fingerprint density at radius 3 is 2.82 bits per heavy atom. The van der Waals surface area contributed by atoms with E-state index in [2.05, 4.69) is 15.3 Å². The monoisotopic (exact) mass is 236 g/mol. The molecular formula is C12H20N4O. The first-order valence-corrected chi connectivity index (χ1v) is 6.18. The van der Waals surface area contributed by atoms with E-state index in [9.17, 15) is 0 Å². The van der Waals surface area contributed by atoms with Gasteiger partial charge in [0.1, 0.15) is 12.1 Å². The summed E-state index contributed by atoms with van der Waals surface area (Å²) in [4.78, 5) is 8.07. The minimum absolute atomic E-state index is 0.500. The number of hydrogen-bond donors (Lipinski definition) is 2. The Labute approximate surface area is 102 Å². The van der Waals surface area contributed by atoms with Gasteiger partial charge in [-0.15, -0.1) is 0 Å². The van der Waals surface area contributed by atoms with Crippen molar-refractivity contribution in [2.24, 2.45) is 0 Å². The maximum atomic E-state index is 5.84. The first kappa shape index (κ1) is 12.1. The average Bonchev–Trinajstić information content (AvgIpc) is 2.38. The third-order valence-corrected chi connectivity index (χ3v) is 3.31. The molecule has 0 aromatic carbocycles. The summed E-state index contributed by atoms with van der Waals surface area (Å²) in [7, 11) is 1.60. The number of nitrogens with zero attached hydrogens (tertiary/aromatic N) is 2. The minimum Gasteiger partial charge on any atom is -0.481 e. The van der Waals surface area contributed by atoms with Gasteiger partial charge in [0.05, 0.1) is 12.7 Å². The predicted molar refractivity (Wildman–Crippen MR) is 66.7 cm³/mol. The van der Waals surface area contributed by atoms with Crippen LogP contribution in [0, 0.1) is 0 Å². The van der Waals surface area contributed by atoms with E-state index in [1.807, 2.05) is 0 Å². The molecule has 0 saturated heterocycles. The number of nitrogens with two attached hydrogens (primary N) is 1. The fourth-order valence-electron chi connectivity index (χ4n) is 2.30. The molecule has 0 radical (unpaired) electrons. The van der Waals surface area contributed by atoms with Crippen molar-refractivity contribution in [2.45, 2.75) is 44.7 Å². The zero-order valence-electron chi connectivity index (χ0n) is 10.3. The van der Waals surface area contributed by atoms with E-state index >= 15 is 0 Å². The van der Waals surface area contributed by atoms with Crippen LogP contribution in [-0.4, -0.2) is 23.1 Å². The van der Waals surface area contributed by atoms with Crippen LogP contribution < -0.4 is 15.8 Å². The number of nitrogen functional groups attached to an aromatic ring is 1. The van der Waals surface area contributed by atoms with Gasteiger partial charge >= 0.3 is 0 Å². The molecule has 5 nitrogen and oxygen atoms in total. The highest BCUT2D eigenvalue weighted by atomic mass is 16.5. The molecule has 1 fully saturated rings. The highest BCUT2D eigenvalue weighted by Gasteiger charge is 2.15. The van der Waals surface area contributed by atoms with Gasteiger partial charge in [-0.25, -0.2) is 9.97 Å². The second kappa shape index (κ2) is 5.82. The van der Waals surface area contributed by atoms with Crippen LogP contribution in [0.1, 0.15) is 37.7 Å². The molecule has 0 unspecified atom stereocenters. The van der Waals surface area contributed by atoms with Crippen molar-refractivity contribution < 1.29 is 4.74 Å². The van der Waals surface area contributed by atoms with Crippen molar-refractivity contribution in [3.05, 3.63) is 11.9 Å². The standard InChI is InChI=1S/C12H20N4O/c1-17-12-10(11(13)15-8-16-12)7-14-9-5-3-2-4-6-9/h8-9,14H,2-7H2,1H3,(H2,13,15,16). The molecule has 17 heavy (non-hydrogen) atoms. The normalized spacial score (nSPS) is 17.0. The largest absolute Gasteiger partial charge is 0.481 e. The van der Waals surface area contributed by atoms with E-state index in [4.69, 9.17) is 10.5 Å². The van der Waals surface area contributed by atoms with Crippen molar-refractivity contribution in [1.29, 1.82) is 0 Å². The minimum atomic E-state index is 0.500. The van der Waals surface area contributed by atoms with Crippen LogP contribution in [0.5, 0.6) is 5.88 Å². The van der Waals surface area contributed by atoms with Gasteiger partial charge in [0.15, 0.2) is 0 Å². The molecule has 1 aromatic rings. The van der Waals surface area contributed by atoms with Gasteiger partial charge in [0, 0.05) is 12.6 Å². The molecule has 0 aliphatic heterocycles. The summed E-state index contributed by atoms with van der Waals surface area (Å²) in [6, 6.07) is 0.591. The van der Waals surface area contributed by atoms with E-state index in [1.54, 1.807) is 7.11 Å². The van der Waals surface area contributed by atoms with E-state index in [-0.39, 0.29) is 0 Å². The van der Waals surface area contributed by atoms with Crippen LogP contribution >= 0.6 is 0 Å². The fourth-order valence-corrected chi connectivity index (χ4v) is 2.30. The Hall–Kier alpha value is -1.36. The topological polar surface area (TPSA) is 73.1 Å². The predicted octanol–water partition coefficient (Wildman–Crippen LogP) is 1.49. The molecule has 1 aromatic heterocycles. The summed E-state index contributed by atoms with van der Waals surface area (Å²) in [5.41, 5.74) is 6.70. The molecule has 1 aliphatic rings. The quantitative estimate of drug-likeness (QED) is 0.828. The van der Waals surface area contributed by atoms with Crippen LogP contribution in [0.25, 0.3) is 0 Å². The molecular weight excluding hydrogens is 216 g/mol. The van der Waals surface area contributed by atoms with Crippen molar-refractivity contribution in [2.75, 3.05) is 12.8 Å². The van der Waals surface area contributed by atoms with Crippen molar-refractivity contribution in [1.82, 2.24) is 15.3 Å². The number of rotatable bonds is 4. The van der Waals surface area contributed by atoms with E-state index in [1.165, 1.54) is 38.4 Å². The van der Waals surface area contributed by atoms with Crippen LogP contribution in [0.4, 0.5) is 5.82 Å². The van der Waals surface area contributed by atoms with Gasteiger partial charge in [0.25, 0.3) is 0 Å². The number of methoxy groups -OCH3 is 1. The van der Waals surface area contributed by atoms with Gasteiger partial charge in [-0.05, 0) is 12.8 Å². The Kier molecular flexibility index (Phi) is 4.14. The van der Waals surface area contributed by atoms with Crippen molar-refractivity contribution in [3.8, 4) is 5.88 Å². The number of anilines is 1. The second-order valence-corrected chi connectivity index (χ2v) is 4.46. The summed E-state index contributed by atoms with van der Waals surface area (Å²) >= 11 is 0. The third-order valence-electron chi connectivity index (χ3n) is 3.31. The first-order valence-electron chi connectivity index (χ1n) is 6.18. The molecule has 1 aliphatic carbocycles. The van der Waals surface area contributed by atoms with Crippen LogP contribution in [0.2, 0.25) is 0 Å². The van der Waals surface area contributed by atoms with Gasteiger partial charge < -0.3 is 15.8 Å². The fraction of sp³-hybridized carbons (Fsp3) is 0.667. The van der Waals surface area contributed by atoms with E-state index in [0.717, 1.165) is 5.56 Å².